The Labute approximate surface area is 126 Å². The van der Waals surface area contributed by atoms with Gasteiger partial charge in [-0.05, 0) is 24.3 Å². The Morgan fingerprint density at radius 2 is 0.857 bits per heavy atom. The molecule has 21 heavy (non-hydrogen) atoms. The summed E-state index contributed by atoms with van der Waals surface area (Å²) in [5.74, 6) is 3.07. The Morgan fingerprint density at radius 1 is 0.571 bits per heavy atom. The predicted octanol–water partition coefficient (Wildman–Crippen LogP) is 2.62. The number of ether oxygens (including phenoxy) is 4. The Bertz CT molecular complexity index is 515. The fraction of sp³-hybridized carbons (Fsp3) is 0.250. The smallest absolute Gasteiger partial charge is 0.0950 e. The molecule has 0 aliphatic rings. The van der Waals surface area contributed by atoms with Crippen LogP contribution in [-0.2, 0) is 0 Å². The zero-order valence-electron chi connectivity index (χ0n) is 12.5. The van der Waals surface area contributed by atoms with Crippen molar-refractivity contribution >= 4 is 19.2 Å². The lowest BCUT2D eigenvalue weighted by molar-refractivity contribution is 0.399. The van der Waals surface area contributed by atoms with Gasteiger partial charge in [-0.25, -0.2) is 0 Å². The molecular weight excluding hydrogens is 287 g/mol. The van der Waals surface area contributed by atoms with Crippen LogP contribution >= 0.6 is 8.58 Å². The van der Waals surface area contributed by atoms with Crippen molar-refractivity contribution in [3.63, 3.8) is 0 Å². The highest BCUT2D eigenvalue weighted by atomic mass is 31.1. The number of rotatable bonds is 6. The minimum absolute atomic E-state index is 0.768. The van der Waals surface area contributed by atoms with E-state index in [0.717, 1.165) is 42.2 Å². The largest absolute Gasteiger partial charge is 0.499 e. The molecule has 0 fully saturated rings. The summed E-state index contributed by atoms with van der Waals surface area (Å²) in [7, 11) is 7.48. The molecule has 0 amide bonds. The van der Waals surface area contributed by atoms with E-state index < -0.39 is 0 Å². The van der Waals surface area contributed by atoms with Crippen LogP contribution in [0.2, 0.25) is 0 Å². The molecule has 112 valence electrons. The molecule has 4 nitrogen and oxygen atoms in total. The second-order valence-electron chi connectivity index (χ2n) is 4.13. The van der Waals surface area contributed by atoms with Crippen molar-refractivity contribution in [1.29, 1.82) is 0 Å². The molecule has 0 atom stereocenters. The van der Waals surface area contributed by atoms with Crippen LogP contribution in [0.4, 0.5) is 0 Å². The van der Waals surface area contributed by atoms with Crippen molar-refractivity contribution in [1.82, 2.24) is 0 Å². The first-order valence-electron chi connectivity index (χ1n) is 6.38. The second kappa shape index (κ2) is 7.19. The standard InChI is InChI=1S/C16H18O4P/c1-17-11-7-5-8-12(18-2)15(11)21-16-13(19-3)9-6-10-14(16)20-4/h5-10H,1-4H3/q-1. The zero-order valence-corrected chi connectivity index (χ0v) is 13.4. The van der Waals surface area contributed by atoms with E-state index in [1.54, 1.807) is 28.4 Å². The molecule has 0 radical (unpaired) electrons. The van der Waals surface area contributed by atoms with Gasteiger partial charge < -0.3 is 27.5 Å². The van der Waals surface area contributed by atoms with E-state index in [2.05, 4.69) is 0 Å². The van der Waals surface area contributed by atoms with E-state index in [9.17, 15) is 0 Å². The SMILES string of the molecule is COc1cccc(OC)c1[P-]c1c(OC)cccc1OC. The topological polar surface area (TPSA) is 36.9 Å². The van der Waals surface area contributed by atoms with Crippen molar-refractivity contribution in [2.75, 3.05) is 28.4 Å². The average Bonchev–Trinajstić information content (AvgIpc) is 2.55. The van der Waals surface area contributed by atoms with E-state index in [1.807, 2.05) is 36.4 Å². The first-order chi connectivity index (χ1) is 10.2. The molecule has 0 saturated heterocycles. The van der Waals surface area contributed by atoms with Crippen LogP contribution in [0.25, 0.3) is 0 Å². The van der Waals surface area contributed by atoms with Crippen molar-refractivity contribution in [3.8, 4) is 23.0 Å². The Kier molecular flexibility index (Phi) is 5.29. The second-order valence-corrected chi connectivity index (χ2v) is 5.25. The molecule has 5 heteroatoms. The van der Waals surface area contributed by atoms with Crippen molar-refractivity contribution in [2.24, 2.45) is 0 Å². The molecule has 0 saturated carbocycles. The van der Waals surface area contributed by atoms with Gasteiger partial charge in [-0.1, -0.05) is 12.1 Å². The minimum atomic E-state index is 0.768. The summed E-state index contributed by atoms with van der Waals surface area (Å²) in [6, 6.07) is 11.4. The van der Waals surface area contributed by atoms with Gasteiger partial charge in [-0.3, -0.25) is 0 Å². The molecule has 0 unspecified atom stereocenters. The first kappa shape index (κ1) is 15.5. The first-order valence-corrected chi connectivity index (χ1v) is 7.28. The van der Waals surface area contributed by atoms with E-state index in [4.69, 9.17) is 18.9 Å². The summed E-state index contributed by atoms with van der Waals surface area (Å²) in [4.78, 5) is 0. The average molecular weight is 305 g/mol. The molecule has 0 bridgehead atoms. The van der Waals surface area contributed by atoms with Gasteiger partial charge in [0.1, 0.15) is 0 Å². The van der Waals surface area contributed by atoms with Crippen LogP contribution in [0.1, 0.15) is 0 Å². The van der Waals surface area contributed by atoms with Gasteiger partial charge >= 0.3 is 0 Å². The number of hydrogen-bond acceptors (Lipinski definition) is 4. The number of benzene rings is 2. The predicted molar refractivity (Wildman–Crippen MR) is 85.3 cm³/mol. The summed E-state index contributed by atoms with van der Waals surface area (Å²) in [5, 5.41) is 1.87. The molecular formula is C16H18O4P-. The molecule has 0 N–H and O–H groups in total. The van der Waals surface area contributed by atoms with Crippen LogP contribution in [0, 0.1) is 0 Å². The molecule has 0 aromatic heterocycles. The van der Waals surface area contributed by atoms with Crippen molar-refractivity contribution in [3.05, 3.63) is 36.4 Å². The Morgan fingerprint density at radius 3 is 1.10 bits per heavy atom. The third-order valence-corrected chi connectivity index (χ3v) is 4.36. The lowest BCUT2D eigenvalue weighted by Crippen LogP contribution is -2.13. The molecule has 0 heterocycles. The highest BCUT2D eigenvalue weighted by molar-refractivity contribution is 7.56. The van der Waals surface area contributed by atoms with Gasteiger partial charge in [0.15, 0.2) is 0 Å². The van der Waals surface area contributed by atoms with Crippen molar-refractivity contribution in [2.45, 2.75) is 0 Å². The summed E-state index contributed by atoms with van der Waals surface area (Å²) in [6.07, 6.45) is 0. The molecule has 0 aliphatic heterocycles. The summed E-state index contributed by atoms with van der Waals surface area (Å²) in [5.41, 5.74) is 0. The molecule has 2 aromatic carbocycles. The highest BCUT2D eigenvalue weighted by Crippen LogP contribution is 2.32. The van der Waals surface area contributed by atoms with Crippen LogP contribution in [0.15, 0.2) is 36.4 Å². The van der Waals surface area contributed by atoms with E-state index in [0.29, 0.717) is 0 Å². The van der Waals surface area contributed by atoms with E-state index in [1.165, 1.54) is 0 Å². The maximum Gasteiger partial charge on any atom is 0.0950 e. The Hall–Kier alpha value is -1.93. The maximum absolute atomic E-state index is 5.44. The third-order valence-electron chi connectivity index (χ3n) is 3.03. The van der Waals surface area contributed by atoms with Gasteiger partial charge in [-0.2, -0.15) is 0 Å². The lowest BCUT2D eigenvalue weighted by Gasteiger charge is -2.28. The van der Waals surface area contributed by atoms with Gasteiger partial charge in [0.25, 0.3) is 0 Å². The fourth-order valence-electron chi connectivity index (χ4n) is 2.00. The van der Waals surface area contributed by atoms with Crippen molar-refractivity contribution < 1.29 is 18.9 Å². The molecule has 0 spiro atoms. The lowest BCUT2D eigenvalue weighted by atomic mass is 10.3. The van der Waals surface area contributed by atoms with E-state index >= 15 is 0 Å². The zero-order chi connectivity index (χ0) is 15.2. The minimum Gasteiger partial charge on any atom is -0.499 e. The normalized spacial score (nSPS) is 10.1. The quantitative estimate of drug-likeness (QED) is 0.769. The summed E-state index contributed by atoms with van der Waals surface area (Å²) in [6.45, 7) is 0. The van der Waals surface area contributed by atoms with Gasteiger partial charge in [0, 0.05) is 0 Å². The number of methoxy groups -OCH3 is 4. The molecule has 0 aliphatic carbocycles. The third kappa shape index (κ3) is 3.22. The highest BCUT2D eigenvalue weighted by Gasteiger charge is 2.05. The van der Waals surface area contributed by atoms with Gasteiger partial charge in [-0.15, -0.1) is 10.6 Å². The van der Waals surface area contributed by atoms with Gasteiger partial charge in [0.2, 0.25) is 0 Å². The fourth-order valence-corrected chi connectivity index (χ4v) is 3.32. The maximum atomic E-state index is 5.44. The van der Waals surface area contributed by atoms with Crippen LogP contribution in [-0.4, -0.2) is 28.4 Å². The Balaban J connectivity index is 2.52. The van der Waals surface area contributed by atoms with Crippen LogP contribution in [0.3, 0.4) is 0 Å². The molecule has 2 aromatic rings. The summed E-state index contributed by atoms with van der Waals surface area (Å²) >= 11 is 0. The molecule has 2 rings (SSSR count). The monoisotopic (exact) mass is 305 g/mol. The number of hydrogen-bond donors (Lipinski definition) is 0. The summed E-state index contributed by atoms with van der Waals surface area (Å²) < 4.78 is 21.8. The van der Waals surface area contributed by atoms with Gasteiger partial charge in [0.05, 0.1) is 51.4 Å². The van der Waals surface area contributed by atoms with Crippen LogP contribution in [0.5, 0.6) is 23.0 Å². The van der Waals surface area contributed by atoms with E-state index in [-0.39, 0.29) is 0 Å². The van der Waals surface area contributed by atoms with Crippen LogP contribution < -0.4 is 29.6 Å².